The predicted octanol–water partition coefficient (Wildman–Crippen LogP) is -1.24. The van der Waals surface area contributed by atoms with Gasteiger partial charge in [-0.25, -0.2) is 0 Å². The van der Waals surface area contributed by atoms with Gasteiger partial charge < -0.3 is 0 Å². The summed E-state index contributed by atoms with van der Waals surface area (Å²) in [7, 11) is 0. The Morgan fingerprint density at radius 1 is 1.33 bits per heavy atom. The van der Waals surface area contributed by atoms with Crippen LogP contribution in [0.25, 0.3) is 0 Å². The fraction of sp³-hybridized carbons (Fsp3) is 0. The summed E-state index contributed by atoms with van der Waals surface area (Å²) in [4.78, 5) is 0. The number of rotatable bonds is 0. The van der Waals surface area contributed by atoms with Gasteiger partial charge in [-0.3, -0.25) is 9.11 Å². The minimum absolute atomic E-state index is 0. The zero-order valence-electron chi connectivity index (χ0n) is 2.42. The van der Waals surface area contributed by atoms with E-state index in [9.17, 15) is 0 Å². The summed E-state index contributed by atoms with van der Waals surface area (Å²) in [6.45, 7) is 0. The maximum atomic E-state index is 8.67. The fourth-order valence-corrected chi connectivity index (χ4v) is 0. The van der Waals surface area contributed by atoms with Crippen molar-refractivity contribution in [1.29, 1.82) is 0 Å². The van der Waals surface area contributed by atoms with Gasteiger partial charge in [0.15, 0.2) is 0 Å². The smallest absolute Gasteiger partial charge is 0 e. The first-order valence-electron chi connectivity index (χ1n) is 0.532. The normalized spacial score (nSPS) is 5.83. The van der Waals surface area contributed by atoms with Gasteiger partial charge in [0.1, 0.15) is 0 Å². The summed E-state index contributed by atoms with van der Waals surface area (Å²) >= 11 is -2.61. The molecule has 0 aliphatic carbocycles. The average molecular weight is 190 g/mol. The molecule has 6 heteroatoms. The molecule has 0 rings (SSSR count). The SMILES string of the molecule is O=S(O)O.[CaH2].[Zn]. The van der Waals surface area contributed by atoms with Gasteiger partial charge in [-0.2, -0.15) is 4.21 Å². The van der Waals surface area contributed by atoms with Crippen LogP contribution in [0.15, 0.2) is 0 Å². The fourth-order valence-electron chi connectivity index (χ4n) is 0. The third-order valence-electron chi connectivity index (χ3n) is 0. The van der Waals surface area contributed by atoms with E-state index in [1.807, 2.05) is 0 Å². The Hall–Kier alpha value is 1.95. The van der Waals surface area contributed by atoms with E-state index in [4.69, 9.17) is 13.3 Å². The monoisotopic (exact) mass is 188 g/mol. The molecule has 0 aliphatic heterocycles. The Morgan fingerprint density at radius 2 is 1.33 bits per heavy atom. The molecule has 0 bridgehead atoms. The third kappa shape index (κ3) is 38.3. The van der Waals surface area contributed by atoms with Crippen LogP contribution in [0.3, 0.4) is 0 Å². The molecule has 6 heavy (non-hydrogen) atoms. The molecule has 0 aromatic rings. The summed E-state index contributed by atoms with van der Waals surface area (Å²) < 4.78 is 22.8. The minimum atomic E-state index is -2.61. The number of hydrogen-bond donors (Lipinski definition) is 2. The molecule has 0 amide bonds. The van der Waals surface area contributed by atoms with Gasteiger partial charge in [0.25, 0.3) is 11.4 Å². The summed E-state index contributed by atoms with van der Waals surface area (Å²) in [6.07, 6.45) is 0. The van der Waals surface area contributed by atoms with Crippen molar-refractivity contribution in [2.45, 2.75) is 0 Å². The van der Waals surface area contributed by atoms with Gasteiger partial charge in [-0.15, -0.1) is 0 Å². The second kappa shape index (κ2) is 10.0. The van der Waals surface area contributed by atoms with E-state index in [0.717, 1.165) is 0 Å². The van der Waals surface area contributed by atoms with Crippen molar-refractivity contribution in [1.82, 2.24) is 0 Å². The maximum absolute atomic E-state index is 8.67. The van der Waals surface area contributed by atoms with Crippen molar-refractivity contribution >= 4 is 49.1 Å². The first-order chi connectivity index (χ1) is 1.73. The Labute approximate surface area is 80.8 Å². The molecule has 0 saturated heterocycles. The van der Waals surface area contributed by atoms with Crippen LogP contribution in [0.2, 0.25) is 0 Å². The molecule has 0 aromatic carbocycles. The zero-order chi connectivity index (χ0) is 3.58. The van der Waals surface area contributed by atoms with E-state index in [-0.39, 0.29) is 57.2 Å². The Kier molecular flexibility index (Phi) is 26.2. The second-order valence-corrected chi connectivity index (χ2v) is 0.692. The average Bonchev–Trinajstić information content (AvgIpc) is 0.811. The van der Waals surface area contributed by atoms with Crippen LogP contribution in [0.4, 0.5) is 0 Å². The van der Waals surface area contributed by atoms with Crippen LogP contribution in [0.1, 0.15) is 0 Å². The molecule has 0 radical (unpaired) electrons. The van der Waals surface area contributed by atoms with Gasteiger partial charge in [0.2, 0.25) is 0 Å². The minimum Gasteiger partial charge on any atom is 0 e. The molecular weight excluding hydrogens is 186 g/mol. The van der Waals surface area contributed by atoms with Crippen LogP contribution in [0, 0.1) is 0 Å². The van der Waals surface area contributed by atoms with Crippen LogP contribution in [-0.2, 0) is 30.8 Å². The van der Waals surface area contributed by atoms with E-state index < -0.39 is 11.4 Å². The summed E-state index contributed by atoms with van der Waals surface area (Å²) in [5.74, 6) is 0. The Morgan fingerprint density at radius 3 is 1.33 bits per heavy atom. The maximum Gasteiger partial charge on any atom is 0 e. The largest absolute Gasteiger partial charge is 0 e. The predicted molar refractivity (Wildman–Crippen MR) is 21.9 cm³/mol. The molecule has 0 spiro atoms. The van der Waals surface area contributed by atoms with Crippen molar-refractivity contribution in [3.8, 4) is 0 Å². The van der Waals surface area contributed by atoms with Crippen LogP contribution < -0.4 is 0 Å². The molecule has 0 fully saturated rings. The first-order valence-corrected chi connectivity index (χ1v) is 1.60. The van der Waals surface area contributed by atoms with Crippen LogP contribution >= 0.6 is 0 Å². The van der Waals surface area contributed by atoms with Crippen molar-refractivity contribution in [3.63, 3.8) is 0 Å². The van der Waals surface area contributed by atoms with E-state index in [1.54, 1.807) is 0 Å². The first kappa shape index (κ1) is 15.7. The third-order valence-corrected chi connectivity index (χ3v) is 0. The number of hydrogen-bond acceptors (Lipinski definition) is 1. The van der Waals surface area contributed by atoms with Crippen molar-refractivity contribution in [2.75, 3.05) is 0 Å². The van der Waals surface area contributed by atoms with Crippen molar-refractivity contribution < 1.29 is 32.8 Å². The Bertz CT molecular complexity index is 33.8. The Balaban J connectivity index is -0.0000000450. The van der Waals surface area contributed by atoms with E-state index in [0.29, 0.717) is 0 Å². The molecule has 0 atom stereocenters. The van der Waals surface area contributed by atoms with E-state index in [1.165, 1.54) is 0 Å². The zero-order valence-corrected chi connectivity index (χ0v) is 6.20. The van der Waals surface area contributed by atoms with E-state index >= 15 is 0 Å². The molecule has 0 heterocycles. The van der Waals surface area contributed by atoms with Gasteiger partial charge in [0, 0.05) is 19.5 Å². The molecule has 0 aliphatic rings. The topological polar surface area (TPSA) is 57.5 Å². The van der Waals surface area contributed by atoms with Gasteiger partial charge in [-0.05, 0) is 0 Å². The molecule has 3 nitrogen and oxygen atoms in total. The van der Waals surface area contributed by atoms with Gasteiger partial charge >= 0.3 is 37.7 Å². The van der Waals surface area contributed by atoms with Gasteiger partial charge in [-0.1, -0.05) is 0 Å². The van der Waals surface area contributed by atoms with Crippen molar-refractivity contribution in [2.24, 2.45) is 0 Å². The van der Waals surface area contributed by atoms with Crippen LogP contribution in [0.5, 0.6) is 0 Å². The van der Waals surface area contributed by atoms with Gasteiger partial charge in [0.05, 0.1) is 0 Å². The quantitative estimate of drug-likeness (QED) is 0.370. The molecule has 2 N–H and O–H groups in total. The standard InChI is InChI=1S/Ca.H2O3S.Zn.2H/c;1-4(2)3;;;/h;(H2,1,2,3);;;. The summed E-state index contributed by atoms with van der Waals surface area (Å²) in [6, 6.07) is 0. The summed E-state index contributed by atoms with van der Waals surface area (Å²) in [5, 5.41) is 0. The van der Waals surface area contributed by atoms with E-state index in [2.05, 4.69) is 0 Å². The summed E-state index contributed by atoms with van der Waals surface area (Å²) in [5.41, 5.74) is 0. The molecule has 0 unspecified atom stereocenters. The van der Waals surface area contributed by atoms with Crippen molar-refractivity contribution in [3.05, 3.63) is 0 Å². The second-order valence-electron chi connectivity index (χ2n) is 0.231. The molecular formula is H4CaO3SZn. The molecule has 0 saturated carbocycles. The molecule has 0 aromatic heterocycles. The molecule has 32 valence electrons. The van der Waals surface area contributed by atoms with Crippen LogP contribution in [-0.4, -0.2) is 51.1 Å².